The summed E-state index contributed by atoms with van der Waals surface area (Å²) < 4.78 is 0. The van der Waals surface area contributed by atoms with E-state index in [1.54, 1.807) is 0 Å². The van der Waals surface area contributed by atoms with Crippen LogP contribution in [0.5, 0.6) is 0 Å². The minimum absolute atomic E-state index is 0.105. The number of rotatable bonds is 3. The second-order valence-electron chi connectivity index (χ2n) is 5.89. The zero-order valence-corrected chi connectivity index (χ0v) is 11.1. The van der Waals surface area contributed by atoms with Crippen molar-refractivity contribution in [1.29, 1.82) is 0 Å². The van der Waals surface area contributed by atoms with Crippen LogP contribution < -0.4 is 10.6 Å². The first kappa shape index (κ1) is 12.1. The lowest BCUT2D eigenvalue weighted by Gasteiger charge is -2.21. The molecule has 0 spiro atoms. The van der Waals surface area contributed by atoms with Gasteiger partial charge >= 0.3 is 0 Å². The number of nitrogens with two attached hydrogens (primary N) is 1. The predicted molar refractivity (Wildman–Crippen MR) is 68.9 cm³/mol. The quantitative estimate of drug-likeness (QED) is 0.861. The normalized spacial score (nSPS) is 16.0. The first-order valence-electron chi connectivity index (χ1n) is 6.09. The van der Waals surface area contributed by atoms with E-state index in [0.717, 1.165) is 18.3 Å². The molecule has 2 rings (SSSR count). The zero-order chi connectivity index (χ0) is 12.6. The largest absolute Gasteiger partial charge is 0.368 e. The summed E-state index contributed by atoms with van der Waals surface area (Å²) in [5.74, 6) is 2.55. The Morgan fingerprint density at radius 3 is 2.41 bits per heavy atom. The van der Waals surface area contributed by atoms with Crippen LogP contribution in [0.25, 0.3) is 0 Å². The smallest absolute Gasteiger partial charge is 0.230 e. The summed E-state index contributed by atoms with van der Waals surface area (Å²) in [6, 6.07) is 0. The van der Waals surface area contributed by atoms with Crippen molar-refractivity contribution >= 4 is 11.9 Å². The fourth-order valence-corrected chi connectivity index (χ4v) is 1.66. The number of nitrogens with zero attached hydrogens (tertiary/aromatic N) is 4. The first-order valence-corrected chi connectivity index (χ1v) is 6.09. The molecular weight excluding hydrogens is 214 g/mol. The molecule has 0 atom stereocenters. The van der Waals surface area contributed by atoms with Gasteiger partial charge in [0.25, 0.3) is 0 Å². The van der Waals surface area contributed by atoms with Gasteiger partial charge in [0, 0.05) is 19.0 Å². The van der Waals surface area contributed by atoms with Crippen LogP contribution in [-0.2, 0) is 5.41 Å². The maximum Gasteiger partial charge on any atom is 0.230 e. The topological polar surface area (TPSA) is 67.9 Å². The van der Waals surface area contributed by atoms with Crippen LogP contribution in [-0.4, -0.2) is 28.5 Å². The molecule has 1 aromatic rings. The van der Waals surface area contributed by atoms with Crippen molar-refractivity contribution in [2.45, 2.75) is 39.0 Å². The number of aromatic nitrogens is 3. The van der Waals surface area contributed by atoms with E-state index in [4.69, 9.17) is 5.73 Å². The molecular formula is C12H21N5. The first-order chi connectivity index (χ1) is 7.86. The van der Waals surface area contributed by atoms with Gasteiger partial charge in [0.15, 0.2) is 0 Å². The molecule has 1 saturated carbocycles. The summed E-state index contributed by atoms with van der Waals surface area (Å²) in [6.45, 7) is 7.23. The summed E-state index contributed by atoms with van der Waals surface area (Å²) in [4.78, 5) is 15.0. The van der Waals surface area contributed by atoms with Crippen LogP contribution in [0.1, 0.15) is 39.4 Å². The Balaban J connectivity index is 2.23. The van der Waals surface area contributed by atoms with Crippen molar-refractivity contribution < 1.29 is 0 Å². The maximum atomic E-state index is 5.75. The van der Waals surface area contributed by atoms with Crippen LogP contribution >= 0.6 is 0 Å². The molecule has 0 saturated heterocycles. The second kappa shape index (κ2) is 4.13. The Hall–Kier alpha value is -1.39. The Morgan fingerprint density at radius 2 is 1.88 bits per heavy atom. The summed E-state index contributed by atoms with van der Waals surface area (Å²) in [7, 11) is 2.01. The van der Waals surface area contributed by atoms with Gasteiger partial charge in [-0.3, -0.25) is 0 Å². The van der Waals surface area contributed by atoms with E-state index in [-0.39, 0.29) is 5.41 Å². The minimum atomic E-state index is -0.105. The fraction of sp³-hybridized carbons (Fsp3) is 0.750. The van der Waals surface area contributed by atoms with E-state index in [0.29, 0.717) is 11.9 Å². The molecule has 5 heteroatoms. The van der Waals surface area contributed by atoms with Gasteiger partial charge in [-0.25, -0.2) is 0 Å². The Labute approximate surface area is 102 Å². The zero-order valence-electron chi connectivity index (χ0n) is 11.1. The van der Waals surface area contributed by atoms with Crippen molar-refractivity contribution in [2.75, 3.05) is 24.2 Å². The Bertz CT molecular complexity index is 406. The van der Waals surface area contributed by atoms with Gasteiger partial charge in [-0.2, -0.15) is 15.0 Å². The van der Waals surface area contributed by atoms with Crippen molar-refractivity contribution in [1.82, 2.24) is 15.0 Å². The Morgan fingerprint density at radius 1 is 1.24 bits per heavy atom. The minimum Gasteiger partial charge on any atom is -0.368 e. The third-order valence-electron chi connectivity index (χ3n) is 2.88. The Kier molecular flexibility index (Phi) is 2.93. The van der Waals surface area contributed by atoms with Crippen molar-refractivity contribution in [2.24, 2.45) is 5.92 Å². The molecule has 1 aliphatic rings. The van der Waals surface area contributed by atoms with Gasteiger partial charge < -0.3 is 10.6 Å². The highest BCUT2D eigenvalue weighted by Gasteiger charge is 2.25. The highest BCUT2D eigenvalue weighted by molar-refractivity contribution is 5.35. The van der Waals surface area contributed by atoms with Crippen molar-refractivity contribution in [3.63, 3.8) is 0 Å². The number of nitrogen functional groups attached to an aromatic ring is 1. The number of hydrogen-bond donors (Lipinski definition) is 1. The molecule has 0 bridgehead atoms. The SMILES string of the molecule is CN(CC1CC1)c1nc(N)nc(C(C)(C)C)n1. The predicted octanol–water partition coefficient (Wildman–Crippen LogP) is 1.60. The van der Waals surface area contributed by atoms with Crippen LogP contribution in [0.2, 0.25) is 0 Å². The second-order valence-corrected chi connectivity index (χ2v) is 5.89. The molecule has 0 radical (unpaired) electrons. The molecule has 1 heterocycles. The van der Waals surface area contributed by atoms with Gasteiger partial charge in [0.05, 0.1) is 0 Å². The molecule has 0 amide bonds. The molecule has 1 aliphatic carbocycles. The fourth-order valence-electron chi connectivity index (χ4n) is 1.66. The van der Waals surface area contributed by atoms with Crippen LogP contribution in [0.4, 0.5) is 11.9 Å². The average molecular weight is 235 g/mol. The van der Waals surface area contributed by atoms with E-state index in [1.807, 2.05) is 7.05 Å². The van der Waals surface area contributed by atoms with Crippen molar-refractivity contribution in [3.05, 3.63) is 5.82 Å². The van der Waals surface area contributed by atoms with E-state index in [2.05, 4.69) is 40.6 Å². The molecule has 0 unspecified atom stereocenters. The van der Waals surface area contributed by atoms with E-state index >= 15 is 0 Å². The molecule has 1 fully saturated rings. The molecule has 0 aliphatic heterocycles. The van der Waals surface area contributed by atoms with E-state index in [9.17, 15) is 0 Å². The lowest BCUT2D eigenvalue weighted by Crippen LogP contribution is -2.26. The summed E-state index contributed by atoms with van der Waals surface area (Å²) in [5.41, 5.74) is 5.65. The third-order valence-corrected chi connectivity index (χ3v) is 2.88. The average Bonchev–Trinajstić information content (AvgIpc) is 2.99. The van der Waals surface area contributed by atoms with Crippen LogP contribution in [0, 0.1) is 5.92 Å². The van der Waals surface area contributed by atoms with E-state index < -0.39 is 0 Å². The molecule has 5 nitrogen and oxygen atoms in total. The number of anilines is 2. The van der Waals surface area contributed by atoms with Crippen molar-refractivity contribution in [3.8, 4) is 0 Å². The lowest BCUT2D eigenvalue weighted by molar-refractivity contribution is 0.541. The molecule has 17 heavy (non-hydrogen) atoms. The summed E-state index contributed by atoms with van der Waals surface area (Å²) >= 11 is 0. The molecule has 94 valence electrons. The summed E-state index contributed by atoms with van der Waals surface area (Å²) in [5, 5.41) is 0. The number of hydrogen-bond acceptors (Lipinski definition) is 5. The molecule has 0 aromatic carbocycles. The van der Waals surface area contributed by atoms with Gasteiger partial charge in [-0.15, -0.1) is 0 Å². The highest BCUT2D eigenvalue weighted by Crippen LogP contribution is 2.30. The standard InChI is InChI=1S/C12H21N5/c1-12(2,3)9-14-10(13)16-11(15-9)17(4)7-8-5-6-8/h8H,5-7H2,1-4H3,(H2,13,14,15,16). The van der Waals surface area contributed by atoms with Gasteiger partial charge in [0.1, 0.15) is 5.82 Å². The molecule has 2 N–H and O–H groups in total. The van der Waals surface area contributed by atoms with Crippen LogP contribution in [0.3, 0.4) is 0 Å². The highest BCUT2D eigenvalue weighted by atomic mass is 15.3. The summed E-state index contributed by atoms with van der Waals surface area (Å²) in [6.07, 6.45) is 2.63. The van der Waals surface area contributed by atoms with Gasteiger partial charge in [0.2, 0.25) is 11.9 Å². The third kappa shape index (κ3) is 3.05. The lowest BCUT2D eigenvalue weighted by atomic mass is 9.96. The van der Waals surface area contributed by atoms with Gasteiger partial charge in [-0.05, 0) is 18.8 Å². The van der Waals surface area contributed by atoms with Crippen LogP contribution in [0.15, 0.2) is 0 Å². The van der Waals surface area contributed by atoms with E-state index in [1.165, 1.54) is 12.8 Å². The van der Waals surface area contributed by atoms with Gasteiger partial charge in [-0.1, -0.05) is 20.8 Å². The molecule has 1 aromatic heterocycles. The monoisotopic (exact) mass is 235 g/mol. The maximum absolute atomic E-state index is 5.75.